The fourth-order valence-electron chi connectivity index (χ4n) is 4.87. The Hall–Kier alpha value is -3.21. The molecule has 1 aliphatic rings. The predicted octanol–water partition coefficient (Wildman–Crippen LogP) is 5.58. The molecular formula is C26H36N8OSi. The van der Waals surface area contributed by atoms with Crippen LogP contribution in [0.25, 0.3) is 27.1 Å². The topological polar surface area (TPSA) is 97.9 Å². The summed E-state index contributed by atoms with van der Waals surface area (Å²) in [5.41, 5.74) is 2.47. The lowest BCUT2D eigenvalue weighted by Gasteiger charge is -2.21. The van der Waals surface area contributed by atoms with E-state index in [-0.39, 0.29) is 6.04 Å². The molecule has 1 fully saturated rings. The molecular weight excluding hydrogens is 468 g/mol. The third kappa shape index (κ3) is 6.12. The Bertz CT molecular complexity index is 1240. The third-order valence-corrected chi connectivity index (χ3v) is 8.57. The summed E-state index contributed by atoms with van der Waals surface area (Å²) in [5.74, 6) is 1.15. The van der Waals surface area contributed by atoms with Gasteiger partial charge in [0.05, 0.1) is 36.3 Å². The standard InChI is InChI=1S/C26H36N8OSi/c1-28-12-13-29-25-22(17-34(32-25)23(9-11-27)20-7-5-6-8-20)24-21-10-14-33(26(21)31-18-30-24)19-35-15-16-36(2,3)4/h10,14,17-18,20,23H,5-9,12-13,15-16,19H2,2-4H3,(H,29,32). The number of hydrogen-bond donors (Lipinski definition) is 1. The van der Waals surface area contributed by atoms with Crippen molar-refractivity contribution >= 4 is 24.9 Å². The van der Waals surface area contributed by atoms with E-state index < -0.39 is 8.07 Å². The van der Waals surface area contributed by atoms with Crippen molar-refractivity contribution in [2.24, 2.45) is 5.92 Å². The number of rotatable bonds is 12. The monoisotopic (exact) mass is 504 g/mol. The van der Waals surface area contributed by atoms with Gasteiger partial charge in [0.15, 0.2) is 5.82 Å². The van der Waals surface area contributed by atoms with E-state index in [2.05, 4.69) is 45.8 Å². The molecule has 1 atom stereocenters. The van der Waals surface area contributed by atoms with Crippen LogP contribution >= 0.6 is 0 Å². The number of fused-ring (bicyclic) bond motifs is 1. The minimum Gasteiger partial charge on any atom is -0.361 e. The summed E-state index contributed by atoms with van der Waals surface area (Å²) in [6.45, 7) is 16.2. The van der Waals surface area contributed by atoms with Crippen molar-refractivity contribution in [3.05, 3.63) is 36.2 Å². The quantitative estimate of drug-likeness (QED) is 0.196. The summed E-state index contributed by atoms with van der Waals surface area (Å²) in [5, 5.41) is 18.7. The zero-order valence-electron chi connectivity index (χ0n) is 21.6. The van der Waals surface area contributed by atoms with E-state index in [0.29, 0.717) is 38.0 Å². The van der Waals surface area contributed by atoms with Gasteiger partial charge in [0.2, 0.25) is 6.54 Å². The maximum atomic E-state index is 9.53. The van der Waals surface area contributed by atoms with Gasteiger partial charge < -0.3 is 19.5 Å². The first kappa shape index (κ1) is 25.9. The Balaban J connectivity index is 1.65. The first-order chi connectivity index (χ1) is 17.4. The zero-order chi connectivity index (χ0) is 25.5. The van der Waals surface area contributed by atoms with Gasteiger partial charge in [-0.1, -0.05) is 32.5 Å². The molecule has 0 bridgehead atoms. The molecule has 10 heteroatoms. The molecule has 0 aromatic carbocycles. The highest BCUT2D eigenvalue weighted by molar-refractivity contribution is 6.76. The Morgan fingerprint density at radius 2 is 2.11 bits per heavy atom. The molecule has 1 aliphatic carbocycles. The molecule has 0 saturated heterocycles. The second-order valence-corrected chi connectivity index (χ2v) is 16.4. The van der Waals surface area contributed by atoms with Crippen molar-refractivity contribution in [3.8, 4) is 17.3 Å². The van der Waals surface area contributed by atoms with Crippen LogP contribution < -0.4 is 5.32 Å². The lowest BCUT2D eigenvalue weighted by molar-refractivity contribution is 0.0899. The van der Waals surface area contributed by atoms with Crippen LogP contribution in [-0.2, 0) is 11.5 Å². The second kappa shape index (κ2) is 11.7. The summed E-state index contributed by atoms with van der Waals surface area (Å²) in [4.78, 5) is 12.7. The largest absolute Gasteiger partial charge is 0.361 e. The van der Waals surface area contributed by atoms with Gasteiger partial charge >= 0.3 is 0 Å². The third-order valence-electron chi connectivity index (χ3n) is 6.87. The van der Waals surface area contributed by atoms with Gasteiger partial charge in [-0.3, -0.25) is 4.68 Å². The van der Waals surface area contributed by atoms with E-state index in [9.17, 15) is 5.26 Å². The van der Waals surface area contributed by atoms with Crippen LogP contribution in [0.3, 0.4) is 0 Å². The van der Waals surface area contributed by atoms with Crippen LogP contribution in [0.4, 0.5) is 5.82 Å². The first-order valence-electron chi connectivity index (χ1n) is 12.8. The van der Waals surface area contributed by atoms with Gasteiger partial charge in [-0.25, -0.2) is 16.5 Å². The SMILES string of the molecule is [C-]#[N+]CCNc1nn(C(CC#N)C2CCCC2)cc1-c1ncnc2c1ccn2COCC[Si](C)(C)C. The molecule has 3 heterocycles. The number of aromatic nitrogens is 5. The first-order valence-corrected chi connectivity index (χ1v) is 16.5. The summed E-state index contributed by atoms with van der Waals surface area (Å²) in [7, 11) is -1.14. The van der Waals surface area contributed by atoms with Gasteiger partial charge in [-0.15, -0.1) is 0 Å². The van der Waals surface area contributed by atoms with Gasteiger partial charge in [0, 0.05) is 32.5 Å². The van der Waals surface area contributed by atoms with Gasteiger partial charge in [0.1, 0.15) is 18.7 Å². The van der Waals surface area contributed by atoms with E-state index >= 15 is 0 Å². The minimum atomic E-state index is -1.14. The Kier molecular flexibility index (Phi) is 8.39. The van der Waals surface area contributed by atoms with Crippen molar-refractivity contribution in [1.29, 1.82) is 5.26 Å². The molecule has 190 valence electrons. The van der Waals surface area contributed by atoms with Crippen molar-refractivity contribution < 1.29 is 4.74 Å². The molecule has 3 aromatic rings. The van der Waals surface area contributed by atoms with Crippen LogP contribution in [0.5, 0.6) is 0 Å². The van der Waals surface area contributed by atoms with Crippen LogP contribution in [0, 0.1) is 23.8 Å². The molecule has 1 unspecified atom stereocenters. The lowest BCUT2D eigenvalue weighted by atomic mass is 9.96. The van der Waals surface area contributed by atoms with Crippen molar-refractivity contribution in [2.75, 3.05) is 25.0 Å². The molecule has 0 amide bonds. The average molecular weight is 505 g/mol. The summed E-state index contributed by atoms with van der Waals surface area (Å²) >= 11 is 0. The molecule has 3 aromatic heterocycles. The molecule has 36 heavy (non-hydrogen) atoms. The highest BCUT2D eigenvalue weighted by Gasteiger charge is 2.29. The molecule has 0 aliphatic heterocycles. The lowest BCUT2D eigenvalue weighted by Crippen LogP contribution is -2.22. The molecule has 1 saturated carbocycles. The van der Waals surface area contributed by atoms with Crippen LogP contribution in [0.2, 0.25) is 25.7 Å². The number of nitrogens with zero attached hydrogens (tertiary/aromatic N) is 7. The fraction of sp³-hybridized carbons (Fsp3) is 0.577. The van der Waals surface area contributed by atoms with E-state index in [1.54, 1.807) is 6.33 Å². The average Bonchev–Trinajstić information content (AvgIpc) is 3.60. The van der Waals surface area contributed by atoms with Crippen molar-refractivity contribution in [2.45, 2.75) is 70.6 Å². The summed E-state index contributed by atoms with van der Waals surface area (Å²) < 4.78 is 9.94. The van der Waals surface area contributed by atoms with Crippen LogP contribution in [-0.4, -0.2) is 52.1 Å². The molecule has 0 spiro atoms. The molecule has 9 nitrogen and oxygen atoms in total. The highest BCUT2D eigenvalue weighted by Crippen LogP contribution is 2.38. The second-order valence-electron chi connectivity index (χ2n) is 10.7. The van der Waals surface area contributed by atoms with Crippen molar-refractivity contribution in [3.63, 3.8) is 0 Å². The normalized spacial score (nSPS) is 15.1. The van der Waals surface area contributed by atoms with E-state index in [4.69, 9.17) is 16.4 Å². The van der Waals surface area contributed by atoms with Crippen molar-refractivity contribution in [1.82, 2.24) is 24.3 Å². The Morgan fingerprint density at radius 1 is 1.31 bits per heavy atom. The fourth-order valence-corrected chi connectivity index (χ4v) is 5.63. The molecule has 1 N–H and O–H groups in total. The summed E-state index contributed by atoms with van der Waals surface area (Å²) in [6, 6.07) is 5.55. The van der Waals surface area contributed by atoms with Crippen LogP contribution in [0.1, 0.15) is 38.1 Å². The minimum absolute atomic E-state index is 0.0364. The number of anilines is 1. The zero-order valence-corrected chi connectivity index (χ0v) is 22.6. The van der Waals surface area contributed by atoms with Gasteiger partial charge in [0.25, 0.3) is 0 Å². The van der Waals surface area contributed by atoms with E-state index in [1.807, 2.05) is 27.7 Å². The van der Waals surface area contributed by atoms with Gasteiger partial charge in [-0.2, -0.15) is 10.4 Å². The van der Waals surface area contributed by atoms with E-state index in [0.717, 1.165) is 47.8 Å². The Labute approximate surface area is 214 Å². The highest BCUT2D eigenvalue weighted by atomic mass is 28.3. The van der Waals surface area contributed by atoms with Crippen LogP contribution in [0.15, 0.2) is 24.8 Å². The maximum Gasteiger partial charge on any atom is 0.231 e. The summed E-state index contributed by atoms with van der Waals surface area (Å²) in [6.07, 6.45) is 10.7. The number of nitriles is 1. The predicted molar refractivity (Wildman–Crippen MR) is 144 cm³/mol. The Morgan fingerprint density at radius 3 is 2.83 bits per heavy atom. The maximum absolute atomic E-state index is 9.53. The number of ether oxygens (including phenoxy) is 1. The molecule has 0 radical (unpaired) electrons. The number of hydrogen-bond acceptors (Lipinski definition) is 6. The van der Waals surface area contributed by atoms with Gasteiger partial charge in [-0.05, 0) is 30.9 Å². The van der Waals surface area contributed by atoms with E-state index in [1.165, 1.54) is 12.8 Å². The number of nitrogens with one attached hydrogen (secondary N) is 1. The molecule has 4 rings (SSSR count). The smallest absolute Gasteiger partial charge is 0.231 e.